The average molecular weight is 515 g/mol. The number of hydrogen-bond acceptors (Lipinski definition) is 4. The highest BCUT2D eigenvalue weighted by Gasteiger charge is 2.59. The van der Waals surface area contributed by atoms with E-state index in [1.54, 1.807) is 12.5 Å². The van der Waals surface area contributed by atoms with Crippen molar-refractivity contribution in [3.8, 4) is 0 Å². The van der Waals surface area contributed by atoms with E-state index >= 15 is 0 Å². The number of carbonyl (C=O) groups is 2. The second kappa shape index (κ2) is 11.8. The number of hydrogen-bond donors (Lipinski definition) is 0. The van der Waals surface area contributed by atoms with Gasteiger partial charge < -0.3 is 9.47 Å². The van der Waals surface area contributed by atoms with Gasteiger partial charge in [-0.2, -0.15) is 0 Å². The summed E-state index contributed by atoms with van der Waals surface area (Å²) in [5, 5.41) is 0. The second-order valence-corrected chi connectivity index (χ2v) is 13.9. The van der Waals surface area contributed by atoms with E-state index in [0.29, 0.717) is 12.0 Å². The summed E-state index contributed by atoms with van der Waals surface area (Å²) in [6, 6.07) is 0. The van der Waals surface area contributed by atoms with E-state index in [-0.39, 0.29) is 36.3 Å². The molecule has 210 valence electrons. The van der Waals surface area contributed by atoms with Crippen LogP contribution in [-0.2, 0) is 19.1 Å². The van der Waals surface area contributed by atoms with E-state index in [9.17, 15) is 9.59 Å². The maximum atomic E-state index is 12.4. The molecule has 8 unspecified atom stereocenters. The third-order valence-corrected chi connectivity index (χ3v) is 11.4. The van der Waals surface area contributed by atoms with Crippen LogP contribution in [-0.4, -0.2) is 24.6 Å². The Morgan fingerprint density at radius 2 is 1.73 bits per heavy atom. The molecule has 0 spiro atoms. The number of esters is 2. The van der Waals surface area contributed by atoms with Gasteiger partial charge in [-0.3, -0.25) is 9.59 Å². The Balaban J connectivity index is 1.36. The van der Waals surface area contributed by atoms with Crippen molar-refractivity contribution in [2.24, 2.45) is 46.3 Å². The molecule has 0 N–H and O–H groups in total. The van der Waals surface area contributed by atoms with Crippen molar-refractivity contribution in [3.63, 3.8) is 0 Å². The maximum Gasteiger partial charge on any atom is 0.306 e. The van der Waals surface area contributed by atoms with E-state index in [2.05, 4.69) is 40.7 Å². The molecule has 0 aromatic rings. The smallest absolute Gasteiger partial charge is 0.306 e. The summed E-state index contributed by atoms with van der Waals surface area (Å²) in [6.07, 6.45) is 16.7. The Morgan fingerprint density at radius 1 is 0.973 bits per heavy atom. The largest absolute Gasteiger partial charge is 0.466 e. The molecule has 0 bridgehead atoms. The first-order valence-corrected chi connectivity index (χ1v) is 15.6. The van der Waals surface area contributed by atoms with Gasteiger partial charge in [-0.05, 0) is 98.2 Å². The van der Waals surface area contributed by atoms with Crippen molar-refractivity contribution in [1.82, 2.24) is 0 Å². The van der Waals surface area contributed by atoms with Crippen LogP contribution >= 0.6 is 0 Å². The second-order valence-electron chi connectivity index (χ2n) is 13.9. The zero-order chi connectivity index (χ0) is 26.8. The Bertz CT molecular complexity index is 845. The molecule has 8 atom stereocenters. The van der Waals surface area contributed by atoms with Crippen LogP contribution in [0.4, 0.5) is 0 Å². The fourth-order valence-corrected chi connectivity index (χ4v) is 9.43. The van der Waals surface area contributed by atoms with E-state index in [4.69, 9.17) is 9.47 Å². The minimum absolute atomic E-state index is 0.0398. The summed E-state index contributed by atoms with van der Waals surface area (Å²) in [5.41, 5.74) is 2.33. The lowest BCUT2D eigenvalue weighted by Crippen LogP contribution is -2.51. The molecule has 3 saturated carbocycles. The number of allylic oxidation sites excluding steroid dienone is 1. The summed E-state index contributed by atoms with van der Waals surface area (Å²) in [4.78, 5) is 24.0. The Kier molecular flexibility index (Phi) is 9.17. The molecule has 4 heteroatoms. The fraction of sp³-hybridized carbons (Fsp3) is 0.879. The molecular weight excluding hydrogens is 460 g/mol. The first kappa shape index (κ1) is 28.7. The van der Waals surface area contributed by atoms with E-state index in [1.807, 2.05) is 0 Å². The van der Waals surface area contributed by atoms with E-state index in [1.165, 1.54) is 51.4 Å². The molecule has 0 aliphatic heterocycles. The van der Waals surface area contributed by atoms with Gasteiger partial charge in [-0.25, -0.2) is 0 Å². The normalized spacial score (nSPS) is 37.7. The molecule has 0 heterocycles. The van der Waals surface area contributed by atoms with Gasteiger partial charge in [0, 0.05) is 6.42 Å². The van der Waals surface area contributed by atoms with Crippen molar-refractivity contribution >= 4 is 11.9 Å². The van der Waals surface area contributed by atoms with Crippen molar-refractivity contribution in [3.05, 3.63) is 11.6 Å². The first-order valence-electron chi connectivity index (χ1n) is 15.6. The Hall–Kier alpha value is -1.32. The maximum absolute atomic E-state index is 12.4. The zero-order valence-corrected chi connectivity index (χ0v) is 24.7. The van der Waals surface area contributed by atoms with Crippen LogP contribution in [0.1, 0.15) is 125 Å². The zero-order valence-electron chi connectivity index (χ0n) is 24.7. The summed E-state index contributed by atoms with van der Waals surface area (Å²) in [7, 11) is 0. The third kappa shape index (κ3) is 5.98. The molecule has 4 aliphatic rings. The molecule has 37 heavy (non-hydrogen) atoms. The molecule has 0 saturated heterocycles. The number of ether oxygens (including phenoxy) is 2. The van der Waals surface area contributed by atoms with Crippen LogP contribution in [0.2, 0.25) is 0 Å². The molecule has 0 aromatic heterocycles. The highest BCUT2D eigenvalue weighted by atomic mass is 16.5. The number of fused-ring (bicyclic) bond motifs is 5. The Labute approximate surface area is 226 Å². The lowest BCUT2D eigenvalue weighted by atomic mass is 9.47. The lowest BCUT2D eigenvalue weighted by Gasteiger charge is -2.58. The van der Waals surface area contributed by atoms with Crippen LogP contribution in [0.3, 0.4) is 0 Å². The number of rotatable bonds is 10. The summed E-state index contributed by atoms with van der Waals surface area (Å²) in [5.74, 6) is 4.46. The van der Waals surface area contributed by atoms with E-state index < -0.39 is 0 Å². The predicted octanol–water partition coefficient (Wildman–Crippen LogP) is 8.28. The summed E-state index contributed by atoms with van der Waals surface area (Å²) < 4.78 is 10.8. The Morgan fingerprint density at radius 3 is 2.46 bits per heavy atom. The SMILES string of the molecule is CCOC(=O)CCC(=O)OC1CCC2(C)C(=CCC3C2CCC2(C)C(C(C)CCCC(C)C)CCC32)C1. The summed E-state index contributed by atoms with van der Waals surface area (Å²) >= 11 is 0. The topological polar surface area (TPSA) is 52.6 Å². The van der Waals surface area contributed by atoms with Gasteiger partial charge in [-0.1, -0.05) is 65.5 Å². The fourth-order valence-electron chi connectivity index (χ4n) is 9.43. The standard InChI is InChI=1S/C33H54O4/c1-7-36-30(34)15-16-31(35)37-25-17-19-32(5)24(21-25)11-12-26-28-14-13-27(23(4)10-8-9-22(2)3)33(28,6)20-18-29(26)32/h11,22-23,25-29H,7-10,12-21H2,1-6H3. The molecule has 0 amide bonds. The van der Waals surface area contributed by atoms with Crippen molar-refractivity contribution < 1.29 is 19.1 Å². The minimum Gasteiger partial charge on any atom is -0.466 e. The van der Waals surface area contributed by atoms with Crippen LogP contribution in [0.15, 0.2) is 11.6 Å². The molecule has 0 radical (unpaired) electrons. The van der Waals surface area contributed by atoms with Crippen LogP contribution in [0.25, 0.3) is 0 Å². The molecule has 4 aliphatic carbocycles. The van der Waals surface area contributed by atoms with Gasteiger partial charge in [0.15, 0.2) is 0 Å². The monoisotopic (exact) mass is 514 g/mol. The van der Waals surface area contributed by atoms with Gasteiger partial charge in [0.05, 0.1) is 19.4 Å². The van der Waals surface area contributed by atoms with Crippen LogP contribution < -0.4 is 0 Å². The lowest BCUT2D eigenvalue weighted by molar-refractivity contribution is -0.155. The molecule has 4 rings (SSSR count). The third-order valence-electron chi connectivity index (χ3n) is 11.4. The van der Waals surface area contributed by atoms with Gasteiger partial charge in [0.25, 0.3) is 0 Å². The van der Waals surface area contributed by atoms with Crippen molar-refractivity contribution in [2.45, 2.75) is 131 Å². The molecular formula is C33H54O4. The highest BCUT2D eigenvalue weighted by Crippen LogP contribution is 2.67. The molecule has 3 fully saturated rings. The van der Waals surface area contributed by atoms with Crippen molar-refractivity contribution in [2.75, 3.05) is 6.61 Å². The molecule has 4 nitrogen and oxygen atoms in total. The molecule has 0 aromatic carbocycles. The number of carbonyl (C=O) groups excluding carboxylic acids is 2. The van der Waals surface area contributed by atoms with Gasteiger partial charge in [0.1, 0.15) is 6.10 Å². The van der Waals surface area contributed by atoms with Gasteiger partial charge in [-0.15, -0.1) is 0 Å². The van der Waals surface area contributed by atoms with Crippen LogP contribution in [0, 0.1) is 46.3 Å². The summed E-state index contributed by atoms with van der Waals surface area (Å²) in [6.45, 7) is 14.6. The quantitative estimate of drug-likeness (QED) is 0.217. The average Bonchev–Trinajstić information content (AvgIpc) is 3.20. The van der Waals surface area contributed by atoms with Crippen LogP contribution in [0.5, 0.6) is 0 Å². The van der Waals surface area contributed by atoms with Gasteiger partial charge in [0.2, 0.25) is 0 Å². The van der Waals surface area contributed by atoms with Crippen molar-refractivity contribution in [1.29, 1.82) is 0 Å². The minimum atomic E-state index is -0.319. The predicted molar refractivity (Wildman–Crippen MR) is 149 cm³/mol. The van der Waals surface area contributed by atoms with Gasteiger partial charge >= 0.3 is 11.9 Å². The first-order chi connectivity index (χ1) is 17.6. The van der Waals surface area contributed by atoms with E-state index in [0.717, 1.165) is 54.8 Å². The highest BCUT2D eigenvalue weighted by molar-refractivity contribution is 5.77.